The largest absolute Gasteiger partial charge is 0.309 e. The SMILES string of the molecule is C#CC(C)(C)OP(=O)(CC=C)CC=C. The predicted octanol–water partition coefficient (Wildman–Crippen LogP) is 3.06. The molecular formula is C11H17O2P. The first-order valence-electron chi connectivity index (χ1n) is 4.37. The molecule has 0 aromatic heterocycles. The Morgan fingerprint density at radius 3 is 2.14 bits per heavy atom. The molecular weight excluding hydrogens is 195 g/mol. The summed E-state index contributed by atoms with van der Waals surface area (Å²) < 4.78 is 17.6. The van der Waals surface area contributed by atoms with Crippen molar-refractivity contribution >= 4 is 7.37 Å². The monoisotopic (exact) mass is 212 g/mol. The van der Waals surface area contributed by atoms with E-state index in [4.69, 9.17) is 10.9 Å². The summed E-state index contributed by atoms with van der Waals surface area (Å²) in [6, 6.07) is 0. The zero-order valence-electron chi connectivity index (χ0n) is 8.82. The molecule has 78 valence electrons. The van der Waals surface area contributed by atoms with Crippen LogP contribution in [0.4, 0.5) is 0 Å². The van der Waals surface area contributed by atoms with E-state index in [0.29, 0.717) is 12.3 Å². The Balaban J connectivity index is 4.70. The normalized spacial score (nSPS) is 11.8. The van der Waals surface area contributed by atoms with E-state index in [9.17, 15) is 4.57 Å². The third kappa shape index (κ3) is 4.46. The van der Waals surface area contributed by atoms with E-state index >= 15 is 0 Å². The molecule has 0 aliphatic carbocycles. The highest BCUT2D eigenvalue weighted by Crippen LogP contribution is 2.50. The third-order valence-electron chi connectivity index (χ3n) is 1.56. The van der Waals surface area contributed by atoms with Gasteiger partial charge in [0.05, 0.1) is 0 Å². The van der Waals surface area contributed by atoms with E-state index in [2.05, 4.69) is 19.1 Å². The maximum atomic E-state index is 12.1. The highest BCUT2D eigenvalue weighted by atomic mass is 31.2. The molecule has 0 aromatic rings. The molecule has 0 spiro atoms. The van der Waals surface area contributed by atoms with Gasteiger partial charge in [0.25, 0.3) is 0 Å². The lowest BCUT2D eigenvalue weighted by molar-refractivity contribution is 0.177. The van der Waals surface area contributed by atoms with E-state index in [1.54, 1.807) is 26.0 Å². The maximum absolute atomic E-state index is 12.1. The molecule has 0 bridgehead atoms. The lowest BCUT2D eigenvalue weighted by Crippen LogP contribution is -2.21. The van der Waals surface area contributed by atoms with E-state index < -0.39 is 13.0 Å². The van der Waals surface area contributed by atoms with Gasteiger partial charge in [0, 0.05) is 12.3 Å². The van der Waals surface area contributed by atoms with Crippen molar-refractivity contribution in [3.8, 4) is 12.3 Å². The van der Waals surface area contributed by atoms with Gasteiger partial charge in [-0.2, -0.15) is 0 Å². The fraction of sp³-hybridized carbons (Fsp3) is 0.455. The fourth-order valence-electron chi connectivity index (χ4n) is 0.985. The molecule has 2 nitrogen and oxygen atoms in total. The second-order valence-electron chi connectivity index (χ2n) is 3.50. The lowest BCUT2D eigenvalue weighted by Gasteiger charge is -2.25. The van der Waals surface area contributed by atoms with Crippen LogP contribution >= 0.6 is 7.37 Å². The Labute approximate surface area is 86.5 Å². The Morgan fingerprint density at radius 2 is 1.86 bits per heavy atom. The van der Waals surface area contributed by atoms with Gasteiger partial charge in [-0.25, -0.2) is 0 Å². The van der Waals surface area contributed by atoms with Crippen LogP contribution in [0, 0.1) is 12.3 Å². The van der Waals surface area contributed by atoms with Crippen LogP contribution in [0.2, 0.25) is 0 Å². The third-order valence-corrected chi connectivity index (χ3v) is 3.97. The Morgan fingerprint density at radius 1 is 1.43 bits per heavy atom. The first-order chi connectivity index (χ1) is 6.39. The van der Waals surface area contributed by atoms with Crippen molar-refractivity contribution < 1.29 is 9.09 Å². The molecule has 0 heterocycles. The number of rotatable bonds is 6. The summed E-state index contributed by atoms with van der Waals surface area (Å²) >= 11 is 0. The van der Waals surface area contributed by atoms with Gasteiger partial charge in [-0.05, 0) is 13.8 Å². The van der Waals surface area contributed by atoms with Gasteiger partial charge in [-0.3, -0.25) is 4.57 Å². The number of hydrogen-bond acceptors (Lipinski definition) is 2. The Kier molecular flexibility index (Phi) is 4.91. The van der Waals surface area contributed by atoms with Gasteiger partial charge >= 0.3 is 0 Å². The minimum atomic E-state index is -2.74. The highest BCUT2D eigenvalue weighted by Gasteiger charge is 2.28. The van der Waals surface area contributed by atoms with E-state index in [-0.39, 0.29) is 0 Å². The first kappa shape index (κ1) is 13.2. The van der Waals surface area contributed by atoms with Crippen molar-refractivity contribution in [3.63, 3.8) is 0 Å². The molecule has 0 N–H and O–H groups in total. The minimum absolute atomic E-state index is 0.324. The Bertz CT molecular complexity index is 283. The summed E-state index contributed by atoms with van der Waals surface area (Å²) in [7, 11) is -2.74. The second-order valence-corrected chi connectivity index (χ2v) is 6.04. The van der Waals surface area contributed by atoms with E-state index in [1.807, 2.05) is 0 Å². The van der Waals surface area contributed by atoms with Gasteiger partial charge < -0.3 is 4.52 Å². The van der Waals surface area contributed by atoms with Crippen molar-refractivity contribution in [2.75, 3.05) is 12.3 Å². The standard InChI is InChI=1S/C11H17O2P/c1-6-9-14(12,10-7-2)13-11(4,5)8-3/h3,6-7H,1-2,9-10H2,4-5H3. The molecule has 14 heavy (non-hydrogen) atoms. The number of hydrogen-bond donors (Lipinski definition) is 0. The molecule has 0 rings (SSSR count). The smallest absolute Gasteiger partial charge is 0.211 e. The van der Waals surface area contributed by atoms with Crippen LogP contribution in [-0.2, 0) is 9.09 Å². The van der Waals surface area contributed by atoms with Crippen LogP contribution in [0.3, 0.4) is 0 Å². The summed E-state index contributed by atoms with van der Waals surface area (Å²) in [4.78, 5) is 0. The van der Waals surface area contributed by atoms with Crippen LogP contribution in [0.15, 0.2) is 25.3 Å². The molecule has 0 saturated carbocycles. The topological polar surface area (TPSA) is 26.3 Å². The molecule has 0 radical (unpaired) electrons. The highest BCUT2D eigenvalue weighted by molar-refractivity contribution is 7.59. The quantitative estimate of drug-likeness (QED) is 0.384. The second kappa shape index (κ2) is 5.20. The summed E-state index contributed by atoms with van der Waals surface area (Å²) in [6.45, 7) is 10.5. The average molecular weight is 212 g/mol. The van der Waals surface area contributed by atoms with Crippen LogP contribution in [-0.4, -0.2) is 17.9 Å². The molecule has 0 amide bonds. The predicted molar refractivity (Wildman–Crippen MR) is 61.7 cm³/mol. The van der Waals surface area contributed by atoms with E-state index in [0.717, 1.165) is 0 Å². The zero-order chi connectivity index (χ0) is 11.2. The molecule has 0 atom stereocenters. The zero-order valence-corrected chi connectivity index (χ0v) is 9.72. The van der Waals surface area contributed by atoms with Crippen molar-refractivity contribution in [3.05, 3.63) is 25.3 Å². The van der Waals surface area contributed by atoms with Crippen LogP contribution < -0.4 is 0 Å². The fourth-order valence-corrected chi connectivity index (χ4v) is 2.95. The van der Waals surface area contributed by atoms with Crippen LogP contribution in [0.25, 0.3) is 0 Å². The number of terminal acetylenes is 1. The average Bonchev–Trinajstić information content (AvgIpc) is 2.03. The van der Waals surface area contributed by atoms with Gasteiger partial charge in [0.2, 0.25) is 7.37 Å². The lowest BCUT2D eigenvalue weighted by atomic mass is 10.2. The van der Waals surface area contributed by atoms with Crippen molar-refractivity contribution in [1.29, 1.82) is 0 Å². The summed E-state index contributed by atoms with van der Waals surface area (Å²) in [5.41, 5.74) is -0.804. The summed E-state index contributed by atoms with van der Waals surface area (Å²) in [5.74, 6) is 2.45. The molecule has 0 aromatic carbocycles. The number of allylic oxidation sites excluding steroid dienone is 2. The molecule has 0 saturated heterocycles. The minimum Gasteiger partial charge on any atom is -0.309 e. The Hall–Kier alpha value is -0.770. The molecule has 3 heteroatoms. The van der Waals surface area contributed by atoms with Crippen molar-refractivity contribution in [2.24, 2.45) is 0 Å². The van der Waals surface area contributed by atoms with Crippen LogP contribution in [0.1, 0.15) is 13.8 Å². The first-order valence-corrected chi connectivity index (χ1v) is 6.37. The van der Waals surface area contributed by atoms with E-state index in [1.165, 1.54) is 0 Å². The van der Waals surface area contributed by atoms with Gasteiger partial charge in [-0.15, -0.1) is 19.6 Å². The molecule has 0 aliphatic rings. The van der Waals surface area contributed by atoms with Gasteiger partial charge in [0.1, 0.15) is 5.60 Å². The van der Waals surface area contributed by atoms with Crippen LogP contribution in [0.5, 0.6) is 0 Å². The van der Waals surface area contributed by atoms with Crippen molar-refractivity contribution in [2.45, 2.75) is 19.4 Å². The molecule has 0 aliphatic heterocycles. The summed E-state index contributed by atoms with van der Waals surface area (Å²) in [5, 5.41) is 0. The van der Waals surface area contributed by atoms with Crippen molar-refractivity contribution in [1.82, 2.24) is 0 Å². The molecule has 0 unspecified atom stereocenters. The molecule has 0 fully saturated rings. The summed E-state index contributed by atoms with van der Waals surface area (Å²) in [6.07, 6.45) is 9.07. The maximum Gasteiger partial charge on any atom is 0.211 e. The van der Waals surface area contributed by atoms with Gasteiger partial charge in [-0.1, -0.05) is 18.1 Å². The van der Waals surface area contributed by atoms with Gasteiger partial charge in [0.15, 0.2) is 0 Å².